The third-order valence-electron chi connectivity index (χ3n) is 5.73. The van der Waals surface area contributed by atoms with Gasteiger partial charge in [0.25, 0.3) is 15.9 Å². The summed E-state index contributed by atoms with van der Waals surface area (Å²) in [4.78, 5) is 24.1. The number of halogens is 1. The Morgan fingerprint density at radius 1 is 1.05 bits per heavy atom. The summed E-state index contributed by atoms with van der Waals surface area (Å²) in [5, 5.41) is 0. The van der Waals surface area contributed by atoms with E-state index < -0.39 is 15.9 Å². The van der Waals surface area contributed by atoms with Gasteiger partial charge >= 0.3 is 0 Å². The van der Waals surface area contributed by atoms with Crippen LogP contribution in [0.2, 0.25) is 0 Å². The van der Waals surface area contributed by atoms with Gasteiger partial charge in [0.2, 0.25) is 0 Å². The highest BCUT2D eigenvalue weighted by Crippen LogP contribution is 2.25. The van der Waals surface area contributed by atoms with Crippen LogP contribution in [0, 0.1) is 0 Å². The van der Waals surface area contributed by atoms with E-state index in [4.69, 9.17) is 4.74 Å². The summed E-state index contributed by atoms with van der Waals surface area (Å²) in [6, 6.07) is 19.9. The van der Waals surface area contributed by atoms with Crippen molar-refractivity contribution in [3.63, 3.8) is 0 Å². The Balaban J connectivity index is 1.47. The Kier molecular flexibility index (Phi) is 6.77. The van der Waals surface area contributed by atoms with Crippen LogP contribution in [0.1, 0.15) is 21.5 Å². The smallest absolute Gasteiger partial charge is 0.279 e. The summed E-state index contributed by atoms with van der Waals surface area (Å²) in [6.45, 7) is 0.562. The number of rotatable bonds is 5. The molecule has 8 nitrogen and oxygen atoms in total. The molecule has 0 aliphatic carbocycles. The number of amides is 1. The number of hydrogen-bond acceptors (Lipinski definition) is 5. The quantitative estimate of drug-likeness (QED) is 0.455. The van der Waals surface area contributed by atoms with Crippen molar-refractivity contribution in [2.45, 2.75) is 11.4 Å². The lowest BCUT2D eigenvalue weighted by Crippen LogP contribution is -2.24. The summed E-state index contributed by atoms with van der Waals surface area (Å²) < 4.78 is 34.5. The first-order valence-corrected chi connectivity index (χ1v) is 13.5. The van der Waals surface area contributed by atoms with Crippen LogP contribution >= 0.6 is 15.9 Å². The number of fused-ring (bicyclic) bond motifs is 2. The summed E-state index contributed by atoms with van der Waals surface area (Å²) in [6.07, 6.45) is 5.63. The van der Waals surface area contributed by atoms with Gasteiger partial charge in [-0.05, 0) is 76.1 Å². The molecular weight excluding hydrogens is 556 g/mol. The average Bonchev–Trinajstić information content (AvgIpc) is 3.05. The van der Waals surface area contributed by atoms with Gasteiger partial charge < -0.3 is 9.64 Å². The van der Waals surface area contributed by atoms with Gasteiger partial charge in [0.1, 0.15) is 11.6 Å². The van der Waals surface area contributed by atoms with Crippen LogP contribution < -0.4 is 9.46 Å². The van der Waals surface area contributed by atoms with Gasteiger partial charge in [-0.1, -0.05) is 30.3 Å². The highest BCUT2D eigenvalue weighted by atomic mass is 79.9. The van der Waals surface area contributed by atoms with Crippen molar-refractivity contribution in [2.75, 3.05) is 11.8 Å². The molecule has 0 unspecified atom stereocenters. The van der Waals surface area contributed by atoms with Gasteiger partial charge in [-0.15, -0.1) is 0 Å². The van der Waals surface area contributed by atoms with E-state index in [-0.39, 0.29) is 16.3 Å². The molecule has 0 saturated heterocycles. The van der Waals surface area contributed by atoms with Crippen molar-refractivity contribution in [3.8, 4) is 5.75 Å². The molecule has 5 rings (SSSR count). The van der Waals surface area contributed by atoms with E-state index >= 15 is 0 Å². The number of ether oxygens (including phenoxy) is 1. The molecule has 2 heterocycles. The maximum absolute atomic E-state index is 13.2. The molecule has 2 aliphatic heterocycles. The predicted octanol–water partition coefficient (Wildman–Crippen LogP) is 5.10. The number of carbonyl (C=O) groups excluding carboxylic acids is 1. The number of nitrogens with one attached hydrogen (secondary N) is 1. The predicted molar refractivity (Wildman–Crippen MR) is 147 cm³/mol. The van der Waals surface area contributed by atoms with Crippen molar-refractivity contribution >= 4 is 49.2 Å². The molecule has 0 atom stereocenters. The fraction of sp³-hybridized carbons (Fsp3) is 0.0741. The molecule has 0 aromatic heterocycles. The van der Waals surface area contributed by atoms with Crippen molar-refractivity contribution in [1.82, 2.24) is 4.90 Å². The lowest BCUT2D eigenvalue weighted by atomic mass is 10.1. The highest BCUT2D eigenvalue weighted by Gasteiger charge is 2.22. The highest BCUT2D eigenvalue weighted by molar-refractivity contribution is 9.11. The van der Waals surface area contributed by atoms with Crippen LogP contribution in [0.25, 0.3) is 0 Å². The number of sulfonamides is 1. The van der Waals surface area contributed by atoms with E-state index in [9.17, 15) is 13.2 Å². The molecule has 3 aromatic carbocycles. The summed E-state index contributed by atoms with van der Waals surface area (Å²) in [7, 11) is -2.41. The first kappa shape index (κ1) is 24.7. The minimum atomic E-state index is -3.94. The van der Waals surface area contributed by atoms with E-state index in [2.05, 4.69) is 30.6 Å². The van der Waals surface area contributed by atoms with Gasteiger partial charge in [-0.3, -0.25) is 9.52 Å². The topological polar surface area (TPSA) is 100 Å². The number of methoxy groups -OCH3 is 1. The normalized spacial score (nSPS) is 15.7. The zero-order valence-corrected chi connectivity index (χ0v) is 22.0. The van der Waals surface area contributed by atoms with Crippen molar-refractivity contribution in [3.05, 3.63) is 112 Å². The first-order chi connectivity index (χ1) is 17.8. The molecule has 37 heavy (non-hydrogen) atoms. The second kappa shape index (κ2) is 10.2. The van der Waals surface area contributed by atoms with Gasteiger partial charge in [-0.2, -0.15) is 4.99 Å². The lowest BCUT2D eigenvalue weighted by molar-refractivity contribution is 0.100. The van der Waals surface area contributed by atoms with Crippen LogP contribution in [-0.2, 0) is 16.6 Å². The fourth-order valence-corrected chi connectivity index (χ4v) is 5.36. The molecule has 186 valence electrons. The summed E-state index contributed by atoms with van der Waals surface area (Å²) >= 11 is 3.49. The number of benzene rings is 3. The zero-order chi connectivity index (χ0) is 26.0. The number of carbonyl (C=O) groups is 1. The molecule has 0 spiro atoms. The standard InChI is InChI=1S/C27H21BrN4O4S/c1-36-22-12-10-21(11-13-22)31-37(34,35)23-7-4-6-18(15-23)27(33)30-26-24-8-3-2-5-19(24)16-32-17-20(28)9-14-25(32)29-26/h2-15,17,31H,16H2,1H3. The maximum Gasteiger partial charge on any atom is 0.279 e. The molecule has 2 aliphatic rings. The monoisotopic (exact) mass is 576 g/mol. The average molecular weight is 577 g/mol. The zero-order valence-electron chi connectivity index (χ0n) is 19.6. The van der Waals surface area contributed by atoms with Crippen molar-refractivity contribution in [1.29, 1.82) is 0 Å². The molecule has 0 saturated carbocycles. The largest absolute Gasteiger partial charge is 0.497 e. The van der Waals surface area contributed by atoms with Crippen molar-refractivity contribution in [2.24, 2.45) is 9.98 Å². The fourth-order valence-electron chi connectivity index (χ4n) is 3.88. The summed E-state index contributed by atoms with van der Waals surface area (Å²) in [5.41, 5.74) is 2.19. The molecule has 0 fully saturated rings. The van der Waals surface area contributed by atoms with E-state index in [0.29, 0.717) is 23.8 Å². The number of anilines is 1. The second-order valence-corrected chi connectivity index (χ2v) is 10.8. The van der Waals surface area contributed by atoms with E-state index in [1.54, 1.807) is 24.3 Å². The van der Waals surface area contributed by atoms with Crippen LogP contribution in [0.15, 0.2) is 111 Å². The Morgan fingerprint density at radius 2 is 1.84 bits per heavy atom. The number of aliphatic imine (C=N–C) groups is 2. The van der Waals surface area contributed by atoms with E-state index in [0.717, 1.165) is 15.6 Å². The van der Waals surface area contributed by atoms with Crippen LogP contribution in [-0.4, -0.2) is 38.0 Å². The van der Waals surface area contributed by atoms with Crippen LogP contribution in [0.4, 0.5) is 5.69 Å². The van der Waals surface area contributed by atoms with Gasteiger partial charge in [0.05, 0.1) is 12.0 Å². The third kappa shape index (κ3) is 5.40. The minimum absolute atomic E-state index is 0.0571. The van der Waals surface area contributed by atoms with Gasteiger partial charge in [0.15, 0.2) is 5.84 Å². The number of nitrogens with zero attached hydrogens (tertiary/aromatic N) is 3. The number of amidine groups is 2. The maximum atomic E-state index is 13.2. The third-order valence-corrected chi connectivity index (χ3v) is 7.57. The first-order valence-electron chi connectivity index (χ1n) is 11.2. The Labute approximate surface area is 222 Å². The second-order valence-electron chi connectivity index (χ2n) is 8.20. The van der Waals surface area contributed by atoms with E-state index in [1.807, 2.05) is 47.5 Å². The molecular formula is C27H21BrN4O4S. The Bertz CT molecular complexity index is 1610. The molecule has 1 amide bonds. The minimum Gasteiger partial charge on any atom is -0.497 e. The molecule has 0 radical (unpaired) electrons. The number of hydrogen-bond donors (Lipinski definition) is 1. The van der Waals surface area contributed by atoms with Gasteiger partial charge in [-0.25, -0.2) is 13.4 Å². The van der Waals surface area contributed by atoms with Crippen molar-refractivity contribution < 1.29 is 17.9 Å². The van der Waals surface area contributed by atoms with Crippen LogP contribution in [0.5, 0.6) is 5.75 Å². The Morgan fingerprint density at radius 3 is 2.62 bits per heavy atom. The lowest BCUT2D eigenvalue weighted by Gasteiger charge is -2.21. The molecule has 10 heteroatoms. The molecule has 3 aromatic rings. The van der Waals surface area contributed by atoms with Gasteiger partial charge in [0, 0.05) is 34.0 Å². The SMILES string of the molecule is COc1ccc(NS(=O)(=O)c2cccc(C(=O)N=C3N=C4C=CC(Br)=CN4Cc4ccccc43)c2)cc1. The molecule has 0 bridgehead atoms. The Hall–Kier alpha value is -4.02. The molecule has 1 N–H and O–H groups in total. The number of allylic oxidation sites excluding steroid dienone is 2. The van der Waals surface area contributed by atoms with E-state index in [1.165, 1.54) is 31.4 Å². The summed E-state index contributed by atoms with van der Waals surface area (Å²) in [5.74, 6) is 0.916. The van der Waals surface area contributed by atoms with Crippen LogP contribution in [0.3, 0.4) is 0 Å².